The Labute approximate surface area is 168 Å². The summed E-state index contributed by atoms with van der Waals surface area (Å²) in [5, 5.41) is 14.2. The third-order valence-electron chi connectivity index (χ3n) is 4.41. The maximum absolute atomic E-state index is 12.5. The number of benzene rings is 2. The number of hydrogen-bond donors (Lipinski definition) is 2. The lowest BCUT2D eigenvalue weighted by atomic mass is 10.1. The van der Waals surface area contributed by atoms with E-state index < -0.39 is 6.04 Å². The normalized spacial score (nSPS) is 12.0. The Morgan fingerprint density at radius 2 is 2.00 bits per heavy atom. The van der Waals surface area contributed by atoms with Crippen LogP contribution in [0.15, 0.2) is 36.4 Å². The van der Waals surface area contributed by atoms with Crippen LogP contribution in [0.25, 0.3) is 11.0 Å². The fourth-order valence-corrected chi connectivity index (χ4v) is 2.98. The molecule has 0 aliphatic rings. The van der Waals surface area contributed by atoms with Crippen LogP contribution in [0.2, 0.25) is 5.02 Å². The highest BCUT2D eigenvalue weighted by Crippen LogP contribution is 2.20. The molecule has 0 bridgehead atoms. The largest absolute Gasteiger partial charge is 0.341 e. The first-order chi connectivity index (χ1) is 13.4. The summed E-state index contributed by atoms with van der Waals surface area (Å²) in [5.74, 6) is -0.675. The van der Waals surface area contributed by atoms with Gasteiger partial charge in [-0.2, -0.15) is 0 Å². The van der Waals surface area contributed by atoms with Crippen molar-refractivity contribution in [2.75, 3.05) is 5.32 Å². The number of amides is 2. The van der Waals surface area contributed by atoms with Gasteiger partial charge in [0, 0.05) is 22.8 Å². The van der Waals surface area contributed by atoms with Crippen molar-refractivity contribution in [2.24, 2.45) is 0 Å². The number of carbonyl (C=O) groups is 2. The zero-order valence-electron chi connectivity index (χ0n) is 16.0. The van der Waals surface area contributed by atoms with E-state index in [9.17, 15) is 9.59 Å². The Hall–Kier alpha value is -2.93. The average Bonchev–Trinajstić information content (AvgIpc) is 3.07. The van der Waals surface area contributed by atoms with Gasteiger partial charge in [-0.15, -0.1) is 5.10 Å². The van der Waals surface area contributed by atoms with E-state index in [1.165, 1.54) is 0 Å². The number of rotatable bonds is 6. The molecule has 3 rings (SSSR count). The second kappa shape index (κ2) is 8.39. The van der Waals surface area contributed by atoms with E-state index in [1.807, 2.05) is 19.1 Å². The van der Waals surface area contributed by atoms with Crippen molar-refractivity contribution in [2.45, 2.75) is 39.8 Å². The molecule has 1 aromatic heterocycles. The lowest BCUT2D eigenvalue weighted by Crippen LogP contribution is -2.41. The van der Waals surface area contributed by atoms with E-state index in [-0.39, 0.29) is 11.8 Å². The molecule has 3 aromatic rings. The minimum Gasteiger partial charge on any atom is -0.341 e. The monoisotopic (exact) mass is 399 g/mol. The quantitative estimate of drug-likeness (QED) is 0.663. The summed E-state index contributed by atoms with van der Waals surface area (Å²) >= 11 is 5.98. The van der Waals surface area contributed by atoms with Gasteiger partial charge in [0.15, 0.2) is 0 Å². The highest BCUT2D eigenvalue weighted by atomic mass is 35.5. The predicted octanol–water partition coefficient (Wildman–Crippen LogP) is 3.56. The minimum absolute atomic E-state index is 0.325. The van der Waals surface area contributed by atoms with E-state index in [0.717, 1.165) is 24.0 Å². The summed E-state index contributed by atoms with van der Waals surface area (Å²) in [4.78, 5) is 25.0. The molecule has 0 spiro atoms. The molecule has 0 radical (unpaired) electrons. The molecular formula is C20H22ClN5O2. The standard InChI is InChI=1S/C20H22ClN5O2/c1-4-9-26-18-8-6-14(10-17(18)24-25-26)20(28)22-13(3)19(27)23-16-11-15(21)7-5-12(16)2/h5-8,10-11,13H,4,9H2,1-3H3,(H,22,28)(H,23,27)/t13-/m0/s1. The molecule has 0 saturated heterocycles. The van der Waals surface area contributed by atoms with Gasteiger partial charge in [0.25, 0.3) is 5.91 Å². The third kappa shape index (κ3) is 4.31. The predicted molar refractivity (Wildman–Crippen MR) is 110 cm³/mol. The zero-order chi connectivity index (χ0) is 20.3. The Morgan fingerprint density at radius 3 is 2.75 bits per heavy atom. The molecule has 1 atom stereocenters. The third-order valence-corrected chi connectivity index (χ3v) is 4.64. The molecule has 7 nitrogen and oxygen atoms in total. The number of carbonyl (C=O) groups excluding carboxylic acids is 2. The molecule has 146 valence electrons. The van der Waals surface area contributed by atoms with Crippen molar-refractivity contribution in [3.8, 4) is 0 Å². The highest BCUT2D eigenvalue weighted by Gasteiger charge is 2.18. The number of nitrogens with zero attached hydrogens (tertiary/aromatic N) is 3. The molecular weight excluding hydrogens is 378 g/mol. The maximum atomic E-state index is 12.5. The lowest BCUT2D eigenvalue weighted by molar-refractivity contribution is -0.117. The van der Waals surface area contributed by atoms with E-state index >= 15 is 0 Å². The van der Waals surface area contributed by atoms with Crippen molar-refractivity contribution in [1.29, 1.82) is 0 Å². The summed E-state index contributed by atoms with van der Waals surface area (Å²) in [6, 6.07) is 9.73. The molecule has 0 fully saturated rings. The number of hydrogen-bond acceptors (Lipinski definition) is 4. The number of aryl methyl sites for hydroxylation is 2. The van der Waals surface area contributed by atoms with Gasteiger partial charge in [-0.25, -0.2) is 4.68 Å². The molecule has 0 saturated carbocycles. The first-order valence-corrected chi connectivity index (χ1v) is 9.48. The Kier molecular flexibility index (Phi) is 5.94. The van der Waals surface area contributed by atoms with Crippen molar-refractivity contribution >= 4 is 40.1 Å². The van der Waals surface area contributed by atoms with Gasteiger partial charge in [0.05, 0.1) is 5.52 Å². The van der Waals surface area contributed by atoms with Crippen LogP contribution in [0.5, 0.6) is 0 Å². The first-order valence-electron chi connectivity index (χ1n) is 9.10. The second-order valence-electron chi connectivity index (χ2n) is 6.66. The Morgan fingerprint density at radius 1 is 1.21 bits per heavy atom. The second-order valence-corrected chi connectivity index (χ2v) is 7.10. The first kappa shape index (κ1) is 19.8. The summed E-state index contributed by atoms with van der Waals surface area (Å²) in [5.41, 5.74) is 3.45. The van der Waals surface area contributed by atoms with Gasteiger partial charge in [-0.1, -0.05) is 29.8 Å². The number of halogens is 1. The van der Waals surface area contributed by atoms with Crippen LogP contribution < -0.4 is 10.6 Å². The molecule has 28 heavy (non-hydrogen) atoms. The SMILES string of the molecule is CCCn1nnc2cc(C(=O)N[C@@H](C)C(=O)Nc3cc(Cl)ccc3C)ccc21. The molecule has 2 amide bonds. The molecule has 2 aromatic carbocycles. The lowest BCUT2D eigenvalue weighted by Gasteiger charge is -2.15. The van der Waals surface area contributed by atoms with Crippen LogP contribution in [0, 0.1) is 6.92 Å². The van der Waals surface area contributed by atoms with Crippen LogP contribution in [0.3, 0.4) is 0 Å². The van der Waals surface area contributed by atoms with Gasteiger partial charge >= 0.3 is 0 Å². The van der Waals surface area contributed by atoms with Crippen molar-refractivity contribution < 1.29 is 9.59 Å². The van der Waals surface area contributed by atoms with Crippen LogP contribution >= 0.6 is 11.6 Å². The fourth-order valence-electron chi connectivity index (χ4n) is 2.81. The number of aromatic nitrogens is 3. The smallest absolute Gasteiger partial charge is 0.251 e. The summed E-state index contributed by atoms with van der Waals surface area (Å²) in [6.45, 7) is 6.33. The molecule has 8 heteroatoms. The van der Waals surface area contributed by atoms with Crippen LogP contribution in [0.4, 0.5) is 5.69 Å². The van der Waals surface area contributed by atoms with E-state index in [1.54, 1.807) is 35.9 Å². The summed E-state index contributed by atoms with van der Waals surface area (Å²) < 4.78 is 1.81. The molecule has 0 unspecified atom stereocenters. The molecule has 0 aliphatic heterocycles. The van der Waals surface area contributed by atoms with Crippen molar-refractivity contribution in [1.82, 2.24) is 20.3 Å². The van der Waals surface area contributed by atoms with Crippen LogP contribution in [0.1, 0.15) is 36.2 Å². The van der Waals surface area contributed by atoms with Gasteiger partial charge in [0.2, 0.25) is 5.91 Å². The van der Waals surface area contributed by atoms with Gasteiger partial charge in [0.1, 0.15) is 11.6 Å². The van der Waals surface area contributed by atoms with Crippen molar-refractivity contribution in [3.05, 3.63) is 52.5 Å². The number of anilines is 1. The van der Waals surface area contributed by atoms with Crippen LogP contribution in [-0.2, 0) is 11.3 Å². The minimum atomic E-state index is -0.725. The maximum Gasteiger partial charge on any atom is 0.251 e. The molecule has 2 N–H and O–H groups in total. The summed E-state index contributed by atoms with van der Waals surface area (Å²) in [6.07, 6.45) is 0.944. The fraction of sp³-hybridized carbons (Fsp3) is 0.300. The molecule has 1 heterocycles. The van der Waals surface area contributed by atoms with Crippen molar-refractivity contribution in [3.63, 3.8) is 0 Å². The van der Waals surface area contributed by atoms with E-state index in [2.05, 4.69) is 27.9 Å². The Bertz CT molecular complexity index is 1030. The zero-order valence-corrected chi connectivity index (χ0v) is 16.7. The average molecular weight is 400 g/mol. The van der Waals surface area contributed by atoms with Gasteiger partial charge < -0.3 is 10.6 Å². The topological polar surface area (TPSA) is 88.9 Å². The number of nitrogens with one attached hydrogen (secondary N) is 2. The van der Waals surface area contributed by atoms with Gasteiger partial charge in [-0.05, 0) is 56.2 Å². The van der Waals surface area contributed by atoms with Crippen LogP contribution in [-0.4, -0.2) is 32.9 Å². The number of fused-ring (bicyclic) bond motifs is 1. The van der Waals surface area contributed by atoms with E-state index in [0.29, 0.717) is 21.8 Å². The molecule has 0 aliphatic carbocycles. The van der Waals surface area contributed by atoms with Gasteiger partial charge in [-0.3, -0.25) is 9.59 Å². The Balaban J connectivity index is 1.68. The summed E-state index contributed by atoms with van der Waals surface area (Å²) in [7, 11) is 0. The highest BCUT2D eigenvalue weighted by molar-refractivity contribution is 6.31. The van der Waals surface area contributed by atoms with E-state index in [4.69, 9.17) is 11.6 Å².